The average molecular weight is 164 g/mol. The molecule has 0 bridgehead atoms. The molecule has 1 fully saturated rings. The Labute approximate surface area is 63.2 Å². The molecular formula is C6H10F2N2O. The van der Waals surface area contributed by atoms with E-state index < -0.39 is 18.5 Å². The number of hydrogen-bond donors (Lipinski definition) is 1. The molecule has 1 amide bonds. The van der Waals surface area contributed by atoms with Gasteiger partial charge in [0.05, 0.1) is 12.6 Å². The van der Waals surface area contributed by atoms with Crippen LogP contribution in [0.3, 0.4) is 0 Å². The Hall–Kier alpha value is -0.710. The molecule has 0 spiro atoms. The maximum atomic E-state index is 12.7. The molecule has 0 aromatic rings. The van der Waals surface area contributed by atoms with E-state index in [9.17, 15) is 13.6 Å². The van der Waals surface area contributed by atoms with Gasteiger partial charge in [0, 0.05) is 6.54 Å². The van der Waals surface area contributed by atoms with Crippen molar-refractivity contribution in [2.45, 2.75) is 18.4 Å². The van der Waals surface area contributed by atoms with Crippen LogP contribution in [0.2, 0.25) is 0 Å². The lowest BCUT2D eigenvalue weighted by Crippen LogP contribution is -2.54. The lowest BCUT2D eigenvalue weighted by molar-refractivity contribution is -0.130. The number of amides is 1. The molecule has 0 radical (unpaired) electrons. The Kier molecular flexibility index (Phi) is 2.08. The molecule has 0 aromatic heterocycles. The van der Waals surface area contributed by atoms with Crippen molar-refractivity contribution in [2.75, 3.05) is 13.1 Å². The maximum Gasteiger partial charge on any atom is 0.280 e. The minimum Gasteiger partial charge on any atom is -0.339 e. The van der Waals surface area contributed by atoms with Crippen molar-refractivity contribution in [2.24, 2.45) is 5.73 Å². The largest absolute Gasteiger partial charge is 0.339 e. The third-order valence-electron chi connectivity index (χ3n) is 1.83. The molecule has 1 saturated heterocycles. The fourth-order valence-electron chi connectivity index (χ4n) is 1.07. The Balaban J connectivity index is 2.58. The van der Waals surface area contributed by atoms with Crippen LogP contribution in [0.25, 0.3) is 0 Å². The van der Waals surface area contributed by atoms with Gasteiger partial charge in [-0.1, -0.05) is 0 Å². The molecule has 2 N–H and O–H groups in total. The predicted octanol–water partition coefficient (Wildman–Crippen LogP) is -0.189. The summed E-state index contributed by atoms with van der Waals surface area (Å²) >= 11 is 0. The molecule has 64 valence electrons. The quantitative estimate of drug-likeness (QED) is 0.546. The molecule has 1 unspecified atom stereocenters. The molecule has 11 heavy (non-hydrogen) atoms. The van der Waals surface area contributed by atoms with Crippen molar-refractivity contribution in [3.05, 3.63) is 0 Å². The summed E-state index contributed by atoms with van der Waals surface area (Å²) < 4.78 is 25.4. The van der Waals surface area contributed by atoms with Gasteiger partial charge in [0.15, 0.2) is 0 Å². The van der Waals surface area contributed by atoms with Gasteiger partial charge < -0.3 is 10.6 Å². The third kappa shape index (κ3) is 1.65. The number of hydrogen-bond acceptors (Lipinski definition) is 2. The van der Waals surface area contributed by atoms with Gasteiger partial charge in [-0.2, -0.15) is 0 Å². The highest BCUT2D eigenvalue weighted by atomic mass is 19.3. The monoisotopic (exact) mass is 164 g/mol. The third-order valence-corrected chi connectivity index (χ3v) is 1.83. The standard InChI is InChI=1S/C6H10F2N2O/c7-6(8)3-10(4-11)2-1-5(6)9/h4-5H,1-3,9H2. The summed E-state index contributed by atoms with van der Waals surface area (Å²) in [4.78, 5) is 11.2. The summed E-state index contributed by atoms with van der Waals surface area (Å²) in [6.45, 7) is -0.210. The van der Waals surface area contributed by atoms with E-state index in [2.05, 4.69) is 0 Å². The molecular weight excluding hydrogens is 154 g/mol. The second-order valence-electron chi connectivity index (χ2n) is 2.73. The molecule has 1 aliphatic rings. The molecule has 3 nitrogen and oxygen atoms in total. The maximum absolute atomic E-state index is 12.7. The average Bonchev–Trinajstić information content (AvgIpc) is 1.95. The van der Waals surface area contributed by atoms with E-state index in [4.69, 9.17) is 5.73 Å². The van der Waals surface area contributed by atoms with Gasteiger partial charge in [0.2, 0.25) is 6.41 Å². The summed E-state index contributed by atoms with van der Waals surface area (Å²) in [6, 6.07) is -1.10. The van der Waals surface area contributed by atoms with Crippen LogP contribution in [-0.4, -0.2) is 36.4 Å². The number of nitrogens with zero attached hydrogens (tertiary/aromatic N) is 1. The molecule has 1 heterocycles. The van der Waals surface area contributed by atoms with Crippen molar-refractivity contribution in [3.63, 3.8) is 0 Å². The number of carbonyl (C=O) groups is 1. The number of alkyl halides is 2. The Morgan fingerprint density at radius 3 is 2.73 bits per heavy atom. The lowest BCUT2D eigenvalue weighted by Gasteiger charge is -2.34. The van der Waals surface area contributed by atoms with Crippen molar-refractivity contribution >= 4 is 6.41 Å². The molecule has 1 rings (SSSR count). The van der Waals surface area contributed by atoms with E-state index in [0.29, 0.717) is 13.0 Å². The first-order valence-corrected chi connectivity index (χ1v) is 3.39. The zero-order chi connectivity index (χ0) is 8.48. The van der Waals surface area contributed by atoms with Crippen LogP contribution in [0, 0.1) is 0 Å². The van der Waals surface area contributed by atoms with E-state index in [1.165, 1.54) is 0 Å². The second-order valence-corrected chi connectivity index (χ2v) is 2.73. The van der Waals surface area contributed by atoms with Crippen molar-refractivity contribution < 1.29 is 13.6 Å². The first-order valence-electron chi connectivity index (χ1n) is 3.39. The van der Waals surface area contributed by atoms with Gasteiger partial charge in [0.1, 0.15) is 0 Å². The highest BCUT2D eigenvalue weighted by Gasteiger charge is 2.41. The number of halogens is 2. The molecule has 0 aromatic carbocycles. The molecule has 1 atom stereocenters. The Bertz CT molecular complexity index is 163. The van der Waals surface area contributed by atoms with Gasteiger partial charge in [-0.3, -0.25) is 4.79 Å². The van der Waals surface area contributed by atoms with E-state index in [0.717, 1.165) is 4.90 Å². The van der Waals surface area contributed by atoms with Crippen LogP contribution >= 0.6 is 0 Å². The normalized spacial score (nSPS) is 30.1. The van der Waals surface area contributed by atoms with E-state index in [1.54, 1.807) is 0 Å². The predicted molar refractivity (Wildman–Crippen MR) is 35.2 cm³/mol. The van der Waals surface area contributed by atoms with Gasteiger partial charge in [-0.25, -0.2) is 8.78 Å². The summed E-state index contributed by atoms with van der Waals surface area (Å²) in [7, 11) is 0. The van der Waals surface area contributed by atoms with Crippen molar-refractivity contribution in [3.8, 4) is 0 Å². The van der Waals surface area contributed by atoms with Crippen LogP contribution in [-0.2, 0) is 4.79 Å². The summed E-state index contributed by atoms with van der Waals surface area (Å²) in [5.74, 6) is -2.92. The smallest absolute Gasteiger partial charge is 0.280 e. The highest BCUT2D eigenvalue weighted by Crippen LogP contribution is 2.24. The summed E-state index contributed by atoms with van der Waals surface area (Å²) in [5, 5.41) is 0. The first kappa shape index (κ1) is 8.39. The molecule has 1 aliphatic heterocycles. The molecule has 0 saturated carbocycles. The van der Waals surface area contributed by atoms with Crippen molar-refractivity contribution in [1.82, 2.24) is 4.90 Å². The fraction of sp³-hybridized carbons (Fsp3) is 0.833. The van der Waals surface area contributed by atoms with Gasteiger partial charge in [-0.05, 0) is 6.42 Å². The van der Waals surface area contributed by atoms with Crippen molar-refractivity contribution in [1.29, 1.82) is 0 Å². The number of rotatable bonds is 1. The minimum atomic E-state index is -2.92. The number of likely N-dealkylation sites (tertiary alicyclic amines) is 1. The topological polar surface area (TPSA) is 46.3 Å². The number of carbonyl (C=O) groups excluding carboxylic acids is 1. The SMILES string of the molecule is NC1CCN(C=O)CC1(F)F. The van der Waals surface area contributed by atoms with E-state index >= 15 is 0 Å². The van der Waals surface area contributed by atoms with E-state index in [-0.39, 0.29) is 6.42 Å². The minimum absolute atomic E-state index is 0.172. The molecule has 0 aliphatic carbocycles. The van der Waals surface area contributed by atoms with Crippen LogP contribution < -0.4 is 5.73 Å². The number of nitrogens with two attached hydrogens (primary N) is 1. The van der Waals surface area contributed by atoms with Gasteiger partial charge >= 0.3 is 0 Å². The van der Waals surface area contributed by atoms with Crippen LogP contribution in [0.15, 0.2) is 0 Å². The van der Waals surface area contributed by atoms with E-state index in [1.807, 2.05) is 0 Å². The van der Waals surface area contributed by atoms with Gasteiger partial charge in [-0.15, -0.1) is 0 Å². The van der Waals surface area contributed by atoms with Crippen LogP contribution in [0.4, 0.5) is 8.78 Å². The zero-order valence-electron chi connectivity index (χ0n) is 5.96. The Morgan fingerprint density at radius 2 is 2.27 bits per heavy atom. The second kappa shape index (κ2) is 2.73. The number of piperidine rings is 1. The Morgan fingerprint density at radius 1 is 1.64 bits per heavy atom. The first-order chi connectivity index (χ1) is 5.06. The van der Waals surface area contributed by atoms with Crippen LogP contribution in [0.1, 0.15) is 6.42 Å². The lowest BCUT2D eigenvalue weighted by atomic mass is 10.0. The molecule has 5 heteroatoms. The zero-order valence-corrected chi connectivity index (χ0v) is 5.96. The van der Waals surface area contributed by atoms with Gasteiger partial charge in [0.25, 0.3) is 5.92 Å². The summed E-state index contributed by atoms with van der Waals surface area (Å²) in [5.41, 5.74) is 5.14. The highest BCUT2D eigenvalue weighted by molar-refractivity contribution is 5.47. The van der Waals surface area contributed by atoms with Crippen LogP contribution in [0.5, 0.6) is 0 Å². The summed E-state index contributed by atoms with van der Waals surface area (Å²) in [6.07, 6.45) is 0.603. The fourth-order valence-corrected chi connectivity index (χ4v) is 1.07.